The van der Waals surface area contributed by atoms with Gasteiger partial charge >= 0.3 is 0 Å². The Kier molecular flexibility index (Phi) is 2.58. The second kappa shape index (κ2) is 4.43. The molecule has 3 heterocycles. The highest BCUT2D eigenvalue weighted by Gasteiger charge is 2.36. The molecule has 2 aromatic rings. The van der Waals surface area contributed by atoms with Gasteiger partial charge in [0.15, 0.2) is 5.82 Å². The molecule has 2 aromatic heterocycles. The molecule has 1 aliphatic carbocycles. The minimum absolute atomic E-state index is 0.0530. The Balaban J connectivity index is 1.58. The van der Waals surface area contributed by atoms with E-state index >= 15 is 0 Å². The number of aromatic amines is 1. The summed E-state index contributed by atoms with van der Waals surface area (Å²) in [6.07, 6.45) is 7.15. The molecular weight excluding hydrogens is 258 g/mol. The number of amides is 1. The highest BCUT2D eigenvalue weighted by atomic mass is 16.5. The van der Waals surface area contributed by atoms with E-state index < -0.39 is 0 Å². The molecule has 1 atom stereocenters. The van der Waals surface area contributed by atoms with Crippen molar-refractivity contribution in [1.29, 1.82) is 0 Å². The lowest BCUT2D eigenvalue weighted by atomic mass is 10.2. The second-order valence-electron chi connectivity index (χ2n) is 5.39. The van der Waals surface area contributed by atoms with Crippen molar-refractivity contribution in [2.45, 2.75) is 37.6 Å². The molecule has 7 nitrogen and oxygen atoms in total. The molecule has 1 amide bonds. The normalized spacial score (nSPS) is 22.4. The molecule has 104 valence electrons. The zero-order chi connectivity index (χ0) is 13.5. The molecule has 0 unspecified atom stereocenters. The predicted molar refractivity (Wildman–Crippen MR) is 67.9 cm³/mol. The number of hydrogen-bond acceptors (Lipinski definition) is 5. The molecule has 1 saturated heterocycles. The first-order valence-electron chi connectivity index (χ1n) is 6.96. The van der Waals surface area contributed by atoms with Crippen LogP contribution in [-0.4, -0.2) is 37.5 Å². The number of H-pyrrole nitrogens is 1. The quantitative estimate of drug-likeness (QED) is 0.918. The molecule has 20 heavy (non-hydrogen) atoms. The minimum Gasteiger partial charge on any atom is -0.341 e. The van der Waals surface area contributed by atoms with E-state index in [-0.39, 0.29) is 11.9 Å². The Bertz CT molecular complexity index is 617. The van der Waals surface area contributed by atoms with Gasteiger partial charge < -0.3 is 14.4 Å². The Morgan fingerprint density at radius 2 is 2.30 bits per heavy atom. The van der Waals surface area contributed by atoms with Gasteiger partial charge in [0.1, 0.15) is 5.69 Å². The molecule has 7 heteroatoms. The van der Waals surface area contributed by atoms with Crippen molar-refractivity contribution in [3.05, 3.63) is 29.9 Å². The van der Waals surface area contributed by atoms with E-state index in [1.165, 1.54) is 6.33 Å². The molecule has 2 aliphatic rings. The maximum absolute atomic E-state index is 12.4. The summed E-state index contributed by atoms with van der Waals surface area (Å²) in [5.74, 6) is 1.75. The predicted octanol–water partition coefficient (Wildman–Crippen LogP) is 1.65. The molecule has 1 aliphatic heterocycles. The Hall–Kier alpha value is -2.18. The van der Waals surface area contributed by atoms with Crippen LogP contribution in [0.3, 0.4) is 0 Å². The van der Waals surface area contributed by atoms with Gasteiger partial charge in [0.05, 0.1) is 18.6 Å². The fourth-order valence-corrected chi connectivity index (χ4v) is 2.68. The van der Waals surface area contributed by atoms with Gasteiger partial charge in [-0.1, -0.05) is 5.16 Å². The minimum atomic E-state index is -0.0814. The number of carbonyl (C=O) groups is 1. The van der Waals surface area contributed by atoms with Crippen molar-refractivity contribution in [1.82, 2.24) is 25.0 Å². The van der Waals surface area contributed by atoms with Crippen LogP contribution in [0.1, 0.15) is 59.8 Å². The molecule has 0 aromatic carbocycles. The lowest BCUT2D eigenvalue weighted by Gasteiger charge is -2.21. The monoisotopic (exact) mass is 273 g/mol. The Morgan fingerprint density at radius 1 is 1.40 bits per heavy atom. The summed E-state index contributed by atoms with van der Waals surface area (Å²) in [6, 6.07) is -0.0814. The van der Waals surface area contributed by atoms with Crippen molar-refractivity contribution >= 4 is 5.91 Å². The molecule has 0 radical (unpaired) electrons. The molecule has 4 rings (SSSR count). The first-order valence-corrected chi connectivity index (χ1v) is 6.96. The lowest BCUT2D eigenvalue weighted by Crippen LogP contribution is -2.31. The molecule has 1 saturated carbocycles. The van der Waals surface area contributed by atoms with Crippen LogP contribution in [0.5, 0.6) is 0 Å². The van der Waals surface area contributed by atoms with E-state index in [0.29, 0.717) is 17.4 Å². The average Bonchev–Trinajstić information content (AvgIpc) is 2.97. The van der Waals surface area contributed by atoms with E-state index in [1.54, 1.807) is 11.1 Å². The lowest BCUT2D eigenvalue weighted by molar-refractivity contribution is 0.0723. The number of likely N-dealkylation sites (tertiary alicyclic amines) is 1. The topological polar surface area (TPSA) is 87.9 Å². The zero-order valence-electron chi connectivity index (χ0n) is 11.0. The fourth-order valence-electron chi connectivity index (χ4n) is 2.68. The molecule has 0 spiro atoms. The van der Waals surface area contributed by atoms with Crippen molar-refractivity contribution < 1.29 is 9.32 Å². The highest BCUT2D eigenvalue weighted by Crippen LogP contribution is 2.40. The maximum atomic E-state index is 12.4. The smallest absolute Gasteiger partial charge is 0.272 e. The Labute approximate surface area is 115 Å². The second-order valence-corrected chi connectivity index (χ2v) is 5.39. The molecule has 2 fully saturated rings. The van der Waals surface area contributed by atoms with Crippen LogP contribution in [0.15, 0.2) is 17.0 Å². The standard InChI is InChI=1S/C13H15N5O2/c19-13(9-6-14-7-15-9)18-5-1-2-10(18)11-16-12(20-17-11)8-3-4-8/h6-8,10H,1-5H2,(H,14,15)/t10-/m0/s1. The SMILES string of the molecule is O=C(c1cnc[nH]1)N1CCC[C@H]1c1noc(C2CC2)n1. The summed E-state index contributed by atoms with van der Waals surface area (Å²) in [5.41, 5.74) is 0.503. The summed E-state index contributed by atoms with van der Waals surface area (Å²) in [4.78, 5) is 25.4. The molecular formula is C13H15N5O2. The van der Waals surface area contributed by atoms with Gasteiger partial charge in [-0.05, 0) is 25.7 Å². The number of carbonyl (C=O) groups excluding carboxylic acids is 1. The number of nitrogens with one attached hydrogen (secondary N) is 1. The van der Waals surface area contributed by atoms with Crippen molar-refractivity contribution in [3.8, 4) is 0 Å². The van der Waals surface area contributed by atoms with Gasteiger partial charge in [0.25, 0.3) is 5.91 Å². The third-order valence-corrected chi connectivity index (χ3v) is 3.92. The van der Waals surface area contributed by atoms with Crippen LogP contribution in [0, 0.1) is 0 Å². The van der Waals surface area contributed by atoms with Crippen molar-refractivity contribution in [3.63, 3.8) is 0 Å². The van der Waals surface area contributed by atoms with E-state index in [1.807, 2.05) is 0 Å². The summed E-state index contributed by atoms with van der Waals surface area (Å²) in [6.45, 7) is 0.718. The van der Waals surface area contributed by atoms with Gasteiger partial charge in [-0.25, -0.2) is 4.98 Å². The third-order valence-electron chi connectivity index (χ3n) is 3.92. The summed E-state index contributed by atoms with van der Waals surface area (Å²) < 4.78 is 5.30. The third kappa shape index (κ3) is 1.90. The summed E-state index contributed by atoms with van der Waals surface area (Å²) in [5, 5.41) is 4.07. The van der Waals surface area contributed by atoms with Crippen LogP contribution in [0.4, 0.5) is 0 Å². The molecule has 1 N–H and O–H groups in total. The van der Waals surface area contributed by atoms with Crippen LogP contribution in [0.2, 0.25) is 0 Å². The summed E-state index contributed by atoms with van der Waals surface area (Å²) in [7, 11) is 0. The van der Waals surface area contributed by atoms with Crippen LogP contribution in [-0.2, 0) is 0 Å². The van der Waals surface area contributed by atoms with Gasteiger partial charge in [-0.3, -0.25) is 4.79 Å². The van der Waals surface area contributed by atoms with E-state index in [9.17, 15) is 4.79 Å². The zero-order valence-corrected chi connectivity index (χ0v) is 11.0. The van der Waals surface area contributed by atoms with Crippen molar-refractivity contribution in [2.24, 2.45) is 0 Å². The summed E-state index contributed by atoms with van der Waals surface area (Å²) >= 11 is 0. The first-order chi connectivity index (χ1) is 9.83. The Morgan fingerprint density at radius 3 is 3.05 bits per heavy atom. The highest BCUT2D eigenvalue weighted by molar-refractivity contribution is 5.92. The first kappa shape index (κ1) is 11.6. The number of nitrogens with zero attached hydrogens (tertiary/aromatic N) is 4. The van der Waals surface area contributed by atoms with E-state index in [4.69, 9.17) is 4.52 Å². The van der Waals surface area contributed by atoms with Gasteiger partial charge in [-0.2, -0.15) is 4.98 Å². The average molecular weight is 273 g/mol. The van der Waals surface area contributed by atoms with Crippen LogP contribution < -0.4 is 0 Å². The maximum Gasteiger partial charge on any atom is 0.272 e. The molecule has 0 bridgehead atoms. The van der Waals surface area contributed by atoms with Gasteiger partial charge in [0, 0.05) is 12.5 Å². The largest absolute Gasteiger partial charge is 0.341 e. The fraction of sp³-hybridized carbons (Fsp3) is 0.538. The number of aromatic nitrogens is 4. The number of rotatable bonds is 3. The van der Waals surface area contributed by atoms with E-state index in [2.05, 4.69) is 20.1 Å². The van der Waals surface area contributed by atoms with Crippen molar-refractivity contribution in [2.75, 3.05) is 6.54 Å². The number of imidazole rings is 1. The van der Waals surface area contributed by atoms with E-state index in [0.717, 1.165) is 38.1 Å². The van der Waals surface area contributed by atoms with Gasteiger partial charge in [0.2, 0.25) is 5.89 Å². The number of hydrogen-bond donors (Lipinski definition) is 1. The van der Waals surface area contributed by atoms with Crippen LogP contribution in [0.25, 0.3) is 0 Å². The van der Waals surface area contributed by atoms with Gasteiger partial charge in [-0.15, -0.1) is 0 Å². The van der Waals surface area contributed by atoms with Crippen LogP contribution >= 0.6 is 0 Å².